The van der Waals surface area contributed by atoms with Gasteiger partial charge in [0.15, 0.2) is 11.5 Å². The maximum Gasteiger partial charge on any atom is 0.532 e. The van der Waals surface area contributed by atoms with Crippen LogP contribution >= 0.6 is 0 Å². The molecule has 0 aromatic heterocycles. The van der Waals surface area contributed by atoms with Gasteiger partial charge in [0.1, 0.15) is 0 Å². The monoisotopic (exact) mass is 558 g/mol. The molecule has 0 spiro atoms. The smallest absolute Gasteiger partial charge is 0.502 e. The molecule has 0 aliphatic carbocycles. The van der Waals surface area contributed by atoms with Crippen molar-refractivity contribution in [3.8, 4) is 11.5 Å². The van der Waals surface area contributed by atoms with Gasteiger partial charge in [0.05, 0.1) is 0 Å². The number of aryl methyl sites for hydroxylation is 4. The molecule has 210 valence electrons. The molecule has 0 saturated carbocycles. The number of benzene rings is 5. The lowest BCUT2D eigenvalue weighted by Crippen LogP contribution is -2.69. The molecule has 0 amide bonds. The first kappa shape index (κ1) is 27.6. The molecule has 1 aliphatic heterocycles. The van der Waals surface area contributed by atoms with Crippen LogP contribution in [0.15, 0.2) is 72.8 Å². The van der Waals surface area contributed by atoms with Crippen molar-refractivity contribution in [2.75, 3.05) is 0 Å². The third-order valence-electron chi connectivity index (χ3n) is 8.79. The molecule has 2 nitrogen and oxygen atoms in total. The lowest BCUT2D eigenvalue weighted by atomic mass is 9.85. The van der Waals surface area contributed by atoms with E-state index < -0.39 is 8.56 Å². The molecule has 1 aliphatic rings. The minimum Gasteiger partial charge on any atom is -0.502 e. The van der Waals surface area contributed by atoms with Crippen molar-refractivity contribution in [2.24, 2.45) is 0 Å². The first-order valence-corrected chi connectivity index (χ1v) is 16.6. The molecule has 0 atom stereocenters. The zero-order chi connectivity index (χ0) is 29.5. The highest BCUT2D eigenvalue weighted by atomic mass is 28.4. The van der Waals surface area contributed by atoms with Crippen molar-refractivity contribution in [2.45, 2.75) is 80.1 Å². The van der Waals surface area contributed by atoms with Gasteiger partial charge < -0.3 is 8.85 Å². The van der Waals surface area contributed by atoms with Gasteiger partial charge in [-0.05, 0) is 82.7 Å². The fourth-order valence-corrected chi connectivity index (χ4v) is 10.8. The van der Waals surface area contributed by atoms with Crippen molar-refractivity contribution in [1.29, 1.82) is 0 Å². The Bertz CT molecular complexity index is 1670. The summed E-state index contributed by atoms with van der Waals surface area (Å²) in [5, 5.41) is 7.07. The second kappa shape index (κ2) is 9.22. The summed E-state index contributed by atoms with van der Waals surface area (Å²) in [7, 11) is -3.27. The second-order valence-corrected chi connectivity index (χ2v) is 16.7. The molecule has 1 heterocycles. The Morgan fingerprint density at radius 2 is 0.756 bits per heavy atom. The van der Waals surface area contributed by atoms with Crippen LogP contribution in [0.3, 0.4) is 0 Å². The predicted molar refractivity (Wildman–Crippen MR) is 177 cm³/mol. The maximum absolute atomic E-state index is 7.48. The van der Waals surface area contributed by atoms with Crippen LogP contribution < -0.4 is 19.2 Å². The van der Waals surface area contributed by atoms with E-state index >= 15 is 0 Å². The minimum atomic E-state index is -3.27. The van der Waals surface area contributed by atoms with E-state index in [1.807, 2.05) is 0 Å². The minimum absolute atomic E-state index is 0.0513. The number of hydrogen-bond acceptors (Lipinski definition) is 2. The third-order valence-corrected chi connectivity index (χ3v) is 12.7. The fraction of sp³-hybridized carbons (Fsp3) is 0.316. The van der Waals surface area contributed by atoms with E-state index in [9.17, 15) is 0 Å². The number of fused-ring (bicyclic) bond motifs is 6. The van der Waals surface area contributed by atoms with Crippen molar-refractivity contribution in [3.63, 3.8) is 0 Å². The van der Waals surface area contributed by atoms with Gasteiger partial charge in [-0.25, -0.2) is 0 Å². The van der Waals surface area contributed by atoms with Gasteiger partial charge in [-0.1, -0.05) is 114 Å². The van der Waals surface area contributed by atoms with E-state index in [1.54, 1.807) is 0 Å². The van der Waals surface area contributed by atoms with Gasteiger partial charge in [0.25, 0.3) is 0 Å². The Morgan fingerprint density at radius 3 is 1.05 bits per heavy atom. The Kier molecular flexibility index (Phi) is 6.21. The summed E-state index contributed by atoms with van der Waals surface area (Å²) < 4.78 is 15.0. The van der Waals surface area contributed by atoms with Gasteiger partial charge in [0, 0.05) is 21.1 Å². The summed E-state index contributed by atoms with van der Waals surface area (Å²) >= 11 is 0. The lowest BCUT2D eigenvalue weighted by molar-refractivity contribution is 0.495. The van der Waals surface area contributed by atoms with Crippen LogP contribution in [-0.2, 0) is 10.8 Å². The van der Waals surface area contributed by atoms with Gasteiger partial charge in [0.2, 0.25) is 0 Å². The first-order chi connectivity index (χ1) is 19.2. The number of hydrogen-bond donors (Lipinski definition) is 0. The van der Waals surface area contributed by atoms with Gasteiger partial charge in [-0.15, -0.1) is 0 Å². The summed E-state index contributed by atoms with van der Waals surface area (Å²) in [6.07, 6.45) is 0. The molecule has 0 N–H and O–H groups in total. The van der Waals surface area contributed by atoms with Crippen LogP contribution in [0.2, 0.25) is 0 Å². The normalized spacial score (nSPS) is 14.7. The summed E-state index contributed by atoms with van der Waals surface area (Å²) in [5.41, 5.74) is 7.73. The second-order valence-electron chi connectivity index (χ2n) is 14.0. The summed E-state index contributed by atoms with van der Waals surface area (Å²) in [4.78, 5) is 0. The topological polar surface area (TPSA) is 18.5 Å². The van der Waals surface area contributed by atoms with Gasteiger partial charge in [-0.2, -0.15) is 0 Å². The van der Waals surface area contributed by atoms with Crippen molar-refractivity contribution in [3.05, 3.63) is 106 Å². The molecule has 6 rings (SSSR count). The summed E-state index contributed by atoms with van der Waals surface area (Å²) in [6, 6.07) is 26.6. The fourth-order valence-electron chi connectivity index (χ4n) is 6.75. The molecule has 5 aromatic carbocycles. The van der Waals surface area contributed by atoms with Crippen LogP contribution in [-0.4, -0.2) is 8.56 Å². The molecule has 3 heteroatoms. The van der Waals surface area contributed by atoms with Crippen LogP contribution in [0, 0.1) is 27.7 Å². The van der Waals surface area contributed by atoms with Gasteiger partial charge >= 0.3 is 8.56 Å². The average Bonchev–Trinajstić information content (AvgIpc) is 3.28. The highest BCUT2D eigenvalue weighted by Crippen LogP contribution is 2.49. The standard InChI is InChI=1S/C38H42O2Si/c1-23-19-27(37(5,6)7)20-24(2)35(23)41(36-25(3)21-28(22-26(36)4)38(8,9)10)39-33-31-17-13-11-15-29(31)30-16-12-14-18-32(30)34(33)40-41/h11-22H,1-10H3. The molecule has 41 heavy (non-hydrogen) atoms. The van der Waals surface area contributed by atoms with Crippen LogP contribution in [0.25, 0.3) is 21.5 Å². The Balaban J connectivity index is 1.72. The van der Waals surface area contributed by atoms with Crippen LogP contribution in [0.4, 0.5) is 0 Å². The van der Waals surface area contributed by atoms with Crippen LogP contribution in [0.5, 0.6) is 11.5 Å². The van der Waals surface area contributed by atoms with E-state index in [1.165, 1.54) is 54.5 Å². The molecular formula is C38H42O2Si. The van der Waals surface area contributed by atoms with Crippen LogP contribution in [0.1, 0.15) is 74.9 Å². The van der Waals surface area contributed by atoms with E-state index in [4.69, 9.17) is 8.85 Å². The van der Waals surface area contributed by atoms with E-state index in [-0.39, 0.29) is 10.8 Å². The maximum atomic E-state index is 7.48. The van der Waals surface area contributed by atoms with E-state index in [0.717, 1.165) is 22.3 Å². The first-order valence-electron chi connectivity index (χ1n) is 14.8. The SMILES string of the molecule is Cc1cc(C(C)(C)C)cc(C)c1[Si]1(c2c(C)cc(C(C)(C)C)cc2C)Oc2c(c3ccccc3c3ccccc23)O1. The Labute approximate surface area is 246 Å². The Hall–Kier alpha value is -3.56. The molecule has 0 radical (unpaired) electrons. The molecule has 0 unspecified atom stereocenters. The highest BCUT2D eigenvalue weighted by molar-refractivity contribution is 6.95. The van der Waals surface area contributed by atoms with Crippen molar-refractivity contribution >= 4 is 40.5 Å². The molecule has 5 aromatic rings. The average molecular weight is 559 g/mol. The largest absolute Gasteiger partial charge is 0.532 e. The summed E-state index contributed by atoms with van der Waals surface area (Å²) in [6.45, 7) is 22.7. The zero-order valence-electron chi connectivity index (χ0n) is 26.2. The van der Waals surface area contributed by atoms with E-state index in [2.05, 4.69) is 142 Å². The van der Waals surface area contributed by atoms with Crippen molar-refractivity contribution in [1.82, 2.24) is 0 Å². The zero-order valence-corrected chi connectivity index (χ0v) is 27.2. The quantitative estimate of drug-likeness (QED) is 0.159. The molecular weight excluding hydrogens is 517 g/mol. The van der Waals surface area contributed by atoms with E-state index in [0.29, 0.717) is 0 Å². The van der Waals surface area contributed by atoms with Gasteiger partial charge in [-0.3, -0.25) is 0 Å². The Morgan fingerprint density at radius 1 is 0.463 bits per heavy atom. The third kappa shape index (κ3) is 4.28. The summed E-state index contributed by atoms with van der Waals surface area (Å²) in [5.74, 6) is 1.76. The molecule has 0 bridgehead atoms. The predicted octanol–water partition coefficient (Wildman–Crippen LogP) is 8.85. The molecule has 0 fully saturated rings. The molecule has 0 saturated heterocycles. The lowest BCUT2D eigenvalue weighted by Gasteiger charge is -2.32. The van der Waals surface area contributed by atoms with Crippen molar-refractivity contribution < 1.29 is 8.85 Å². The number of rotatable bonds is 2. The highest BCUT2D eigenvalue weighted by Gasteiger charge is 2.56.